The van der Waals surface area contributed by atoms with Gasteiger partial charge in [0.1, 0.15) is 5.75 Å². The second-order valence-corrected chi connectivity index (χ2v) is 7.57. The number of aromatic amines is 1. The van der Waals surface area contributed by atoms with Gasteiger partial charge < -0.3 is 9.72 Å². The Morgan fingerprint density at radius 3 is 2.59 bits per heavy atom. The molecule has 1 amide bonds. The first-order valence-corrected chi connectivity index (χ1v) is 11.1. The summed E-state index contributed by atoms with van der Waals surface area (Å²) in [4.78, 5) is 22.7. The van der Waals surface area contributed by atoms with Gasteiger partial charge in [-0.2, -0.15) is 5.10 Å². The zero-order valence-electron chi connectivity index (χ0n) is 19.2. The van der Waals surface area contributed by atoms with Gasteiger partial charge in [0.25, 0.3) is 5.91 Å². The van der Waals surface area contributed by atoms with Crippen LogP contribution in [-0.2, 0) is 7.05 Å². The number of H-pyrrole nitrogens is 1. The second-order valence-electron chi connectivity index (χ2n) is 7.57. The molecule has 3 heterocycles. The molecule has 2 aromatic heterocycles. The highest BCUT2D eigenvalue weighted by molar-refractivity contribution is 6.11. The molecule has 1 N–H and O–H groups in total. The number of nitrogens with zero attached hydrogens (tertiary/aromatic N) is 4. The van der Waals surface area contributed by atoms with E-state index in [0.29, 0.717) is 12.3 Å². The topological polar surface area (TPSA) is 76.0 Å². The molecule has 0 saturated carbocycles. The van der Waals surface area contributed by atoms with Gasteiger partial charge in [0.05, 0.1) is 30.0 Å². The lowest BCUT2D eigenvalue weighted by molar-refractivity contribution is 0.0988. The maximum absolute atomic E-state index is 13.4. The lowest BCUT2D eigenvalue weighted by atomic mass is 9.98. The number of fused-ring (bicyclic) bond motifs is 2. The average Bonchev–Trinajstić information content (AvgIpc) is 3.49. The fourth-order valence-electron chi connectivity index (χ4n) is 4.09. The predicted octanol–water partition coefficient (Wildman–Crippen LogP) is 5.17. The van der Waals surface area contributed by atoms with Crippen molar-refractivity contribution < 1.29 is 9.53 Å². The van der Waals surface area contributed by atoms with Gasteiger partial charge in [-0.05, 0) is 49.2 Å². The largest absolute Gasteiger partial charge is 0.494 e. The SMILES string of the molecule is CC.CCCOc1ccc(C2c3c(nn(C)c3C)C(=O)N2c2ccc3nc[nH]c3c2)cc1. The van der Waals surface area contributed by atoms with E-state index in [1.165, 1.54) is 0 Å². The van der Waals surface area contributed by atoms with Gasteiger partial charge in [0.15, 0.2) is 5.69 Å². The van der Waals surface area contributed by atoms with Gasteiger partial charge in [-0.15, -0.1) is 0 Å². The molecule has 7 nitrogen and oxygen atoms in total. The summed E-state index contributed by atoms with van der Waals surface area (Å²) in [6.45, 7) is 8.77. The van der Waals surface area contributed by atoms with Crippen molar-refractivity contribution in [1.29, 1.82) is 0 Å². The summed E-state index contributed by atoms with van der Waals surface area (Å²) in [6, 6.07) is 13.6. The van der Waals surface area contributed by atoms with Gasteiger partial charge in [-0.1, -0.05) is 32.9 Å². The molecule has 4 aromatic rings. The van der Waals surface area contributed by atoms with Crippen LogP contribution in [0.15, 0.2) is 48.8 Å². The van der Waals surface area contributed by atoms with Crippen LogP contribution in [-0.4, -0.2) is 32.3 Å². The average molecular weight is 432 g/mol. The van der Waals surface area contributed by atoms with Crippen LogP contribution in [0.25, 0.3) is 11.0 Å². The summed E-state index contributed by atoms with van der Waals surface area (Å²) in [7, 11) is 1.88. The third-order valence-corrected chi connectivity index (χ3v) is 5.68. The Morgan fingerprint density at radius 1 is 1.12 bits per heavy atom. The molecule has 32 heavy (non-hydrogen) atoms. The number of aryl methyl sites for hydroxylation is 1. The maximum atomic E-state index is 13.4. The fourth-order valence-corrected chi connectivity index (χ4v) is 4.09. The first-order chi connectivity index (χ1) is 15.6. The van der Waals surface area contributed by atoms with Crippen LogP contribution in [0.5, 0.6) is 5.75 Å². The van der Waals surface area contributed by atoms with Crippen molar-refractivity contribution in [2.24, 2.45) is 7.05 Å². The zero-order valence-corrected chi connectivity index (χ0v) is 19.2. The van der Waals surface area contributed by atoms with Gasteiger partial charge in [-0.25, -0.2) is 4.98 Å². The minimum Gasteiger partial charge on any atom is -0.494 e. The smallest absolute Gasteiger partial charge is 0.280 e. The summed E-state index contributed by atoms with van der Waals surface area (Å²) < 4.78 is 7.52. The lowest BCUT2D eigenvalue weighted by Gasteiger charge is -2.27. The van der Waals surface area contributed by atoms with Crippen LogP contribution in [0.3, 0.4) is 0 Å². The molecule has 0 fully saturated rings. The van der Waals surface area contributed by atoms with E-state index in [-0.39, 0.29) is 11.9 Å². The highest BCUT2D eigenvalue weighted by atomic mass is 16.5. The van der Waals surface area contributed by atoms with E-state index in [9.17, 15) is 4.79 Å². The number of rotatable bonds is 5. The third-order valence-electron chi connectivity index (χ3n) is 5.68. The molecule has 166 valence electrons. The van der Waals surface area contributed by atoms with E-state index in [1.807, 2.05) is 75.2 Å². The van der Waals surface area contributed by atoms with Gasteiger partial charge in [-0.3, -0.25) is 14.4 Å². The molecule has 7 heteroatoms. The number of carbonyl (C=O) groups excluding carboxylic acids is 1. The van der Waals surface area contributed by atoms with E-state index < -0.39 is 0 Å². The van der Waals surface area contributed by atoms with E-state index in [4.69, 9.17) is 4.74 Å². The molecule has 5 rings (SSSR count). The quantitative estimate of drug-likeness (QED) is 0.473. The normalized spacial score (nSPS) is 15.0. The predicted molar refractivity (Wildman–Crippen MR) is 126 cm³/mol. The van der Waals surface area contributed by atoms with Crippen molar-refractivity contribution in [3.05, 3.63) is 71.3 Å². The number of nitrogens with one attached hydrogen (secondary N) is 1. The highest BCUT2D eigenvalue weighted by Crippen LogP contribution is 2.43. The molecule has 0 saturated heterocycles. The van der Waals surface area contributed by atoms with Crippen molar-refractivity contribution in [2.45, 2.75) is 40.2 Å². The van der Waals surface area contributed by atoms with Gasteiger partial charge in [0, 0.05) is 24.0 Å². The first-order valence-electron chi connectivity index (χ1n) is 11.1. The van der Waals surface area contributed by atoms with Gasteiger partial charge >= 0.3 is 0 Å². The Bertz CT molecular complexity index is 1240. The van der Waals surface area contributed by atoms with Crippen LogP contribution in [0.2, 0.25) is 0 Å². The number of imidazole rings is 1. The molecular weight excluding hydrogens is 402 g/mol. The van der Waals surface area contributed by atoms with Crippen molar-refractivity contribution in [3.63, 3.8) is 0 Å². The molecule has 0 bridgehead atoms. The Kier molecular flexibility index (Phi) is 5.99. The fraction of sp³-hybridized carbons (Fsp3) is 0.320. The van der Waals surface area contributed by atoms with E-state index in [1.54, 1.807) is 11.0 Å². The number of aromatic nitrogens is 4. The first kappa shape index (κ1) is 21.6. The molecule has 0 spiro atoms. The molecule has 0 radical (unpaired) electrons. The van der Waals surface area contributed by atoms with E-state index in [0.717, 1.165) is 45.7 Å². The molecule has 0 aliphatic carbocycles. The Labute approximate surface area is 188 Å². The van der Waals surface area contributed by atoms with E-state index >= 15 is 0 Å². The maximum Gasteiger partial charge on any atom is 0.280 e. The zero-order chi connectivity index (χ0) is 22.8. The molecule has 1 aliphatic rings. The lowest BCUT2D eigenvalue weighted by Crippen LogP contribution is -2.29. The minimum atomic E-state index is -0.248. The minimum absolute atomic E-state index is 0.0936. The summed E-state index contributed by atoms with van der Waals surface area (Å²) in [5.74, 6) is 0.738. The number of carbonyl (C=O) groups is 1. The van der Waals surface area contributed by atoms with Crippen LogP contribution >= 0.6 is 0 Å². The number of anilines is 1. The summed E-state index contributed by atoms with van der Waals surface area (Å²) in [5, 5.41) is 4.51. The van der Waals surface area contributed by atoms with Crippen LogP contribution in [0, 0.1) is 6.92 Å². The van der Waals surface area contributed by atoms with Crippen LogP contribution in [0.1, 0.15) is 60.5 Å². The van der Waals surface area contributed by atoms with Crippen molar-refractivity contribution in [2.75, 3.05) is 11.5 Å². The Hall–Kier alpha value is -3.61. The Morgan fingerprint density at radius 2 is 1.88 bits per heavy atom. The molecule has 1 unspecified atom stereocenters. The number of amides is 1. The molecule has 2 aromatic carbocycles. The monoisotopic (exact) mass is 431 g/mol. The van der Waals surface area contributed by atoms with Crippen molar-refractivity contribution in [3.8, 4) is 5.75 Å². The number of benzene rings is 2. The standard InChI is InChI=1S/C23H23N5O2.C2H6/c1-4-11-30-17-8-5-15(6-9-17)22-20-14(2)27(3)26-21(20)23(29)28(22)16-7-10-18-19(12-16)25-13-24-18;1-2/h5-10,12-13,22H,4,11H2,1-3H3,(H,24,25);1-2H3. The number of ether oxygens (including phenoxy) is 1. The molecule has 1 atom stereocenters. The summed E-state index contributed by atoms with van der Waals surface area (Å²) >= 11 is 0. The second kappa shape index (κ2) is 8.86. The molecule has 1 aliphatic heterocycles. The van der Waals surface area contributed by atoms with E-state index in [2.05, 4.69) is 22.0 Å². The summed E-state index contributed by atoms with van der Waals surface area (Å²) in [6.07, 6.45) is 2.62. The van der Waals surface area contributed by atoms with Crippen LogP contribution in [0.4, 0.5) is 5.69 Å². The number of hydrogen-bond acceptors (Lipinski definition) is 4. The van der Waals surface area contributed by atoms with Crippen LogP contribution < -0.4 is 9.64 Å². The van der Waals surface area contributed by atoms with Crippen molar-refractivity contribution >= 4 is 22.6 Å². The Balaban J connectivity index is 0.00000119. The molecular formula is C25H29N5O2. The highest BCUT2D eigenvalue weighted by Gasteiger charge is 2.43. The number of hydrogen-bond donors (Lipinski definition) is 1. The van der Waals surface area contributed by atoms with Crippen molar-refractivity contribution in [1.82, 2.24) is 19.7 Å². The third kappa shape index (κ3) is 3.53. The van der Waals surface area contributed by atoms with Gasteiger partial charge in [0.2, 0.25) is 0 Å². The summed E-state index contributed by atoms with van der Waals surface area (Å²) in [5.41, 5.74) is 6.04.